The van der Waals surface area contributed by atoms with Gasteiger partial charge in [-0.3, -0.25) is 0 Å². The van der Waals surface area contributed by atoms with Crippen LogP contribution in [0.2, 0.25) is 0 Å². The molecule has 1 aromatic carbocycles. The lowest BCUT2D eigenvalue weighted by atomic mass is 10.3. The number of nitrogen functional groups attached to an aromatic ring is 1. The molecule has 5 nitrogen and oxygen atoms in total. The normalized spacial score (nSPS) is 10.9. The Balaban J connectivity index is 1.92. The summed E-state index contributed by atoms with van der Waals surface area (Å²) in [6.07, 6.45) is 3.52. The van der Waals surface area contributed by atoms with E-state index in [1.54, 1.807) is 30.6 Å². The van der Waals surface area contributed by atoms with E-state index in [2.05, 4.69) is 15.0 Å². The van der Waals surface area contributed by atoms with E-state index in [9.17, 15) is 0 Å². The average Bonchev–Trinajstić information content (AvgIpc) is 2.73. The van der Waals surface area contributed by atoms with Crippen LogP contribution < -0.4 is 5.73 Å². The van der Waals surface area contributed by atoms with E-state index in [0.29, 0.717) is 21.6 Å². The smallest absolute Gasteiger partial charge is 0.264 e. The van der Waals surface area contributed by atoms with E-state index >= 15 is 0 Å². The summed E-state index contributed by atoms with van der Waals surface area (Å²) in [6, 6.07) is 5.36. The molecule has 0 saturated heterocycles. The highest BCUT2D eigenvalue weighted by atomic mass is 32.2. The lowest BCUT2D eigenvalue weighted by Crippen LogP contribution is -1.86. The number of benzene rings is 1. The fraction of sp³-hybridized carbons (Fsp3) is 0.0833. The number of aromatic nitrogens is 3. The van der Waals surface area contributed by atoms with Gasteiger partial charge in [0.15, 0.2) is 10.7 Å². The van der Waals surface area contributed by atoms with Crippen molar-refractivity contribution in [2.75, 3.05) is 5.73 Å². The Bertz CT molecular complexity index is 693. The van der Waals surface area contributed by atoms with Gasteiger partial charge in [0.1, 0.15) is 5.52 Å². The highest BCUT2D eigenvalue weighted by Crippen LogP contribution is 2.28. The zero-order chi connectivity index (χ0) is 12.5. The molecule has 0 atom stereocenters. The predicted octanol–water partition coefficient (Wildman–Crippen LogP) is 2.66. The zero-order valence-corrected chi connectivity index (χ0v) is 10.4. The third kappa shape index (κ3) is 2.14. The van der Waals surface area contributed by atoms with Crippen molar-refractivity contribution in [2.45, 2.75) is 17.3 Å². The first-order chi connectivity index (χ1) is 8.70. The van der Waals surface area contributed by atoms with E-state index in [4.69, 9.17) is 10.2 Å². The van der Waals surface area contributed by atoms with Gasteiger partial charge in [-0.2, -0.15) is 0 Å². The van der Waals surface area contributed by atoms with Crippen LogP contribution in [0.5, 0.6) is 0 Å². The van der Waals surface area contributed by atoms with Gasteiger partial charge >= 0.3 is 0 Å². The number of anilines is 1. The lowest BCUT2D eigenvalue weighted by molar-refractivity contribution is 0.488. The van der Waals surface area contributed by atoms with Crippen LogP contribution in [0.1, 0.15) is 5.56 Å². The van der Waals surface area contributed by atoms with Crippen LogP contribution in [0.15, 0.2) is 45.4 Å². The highest BCUT2D eigenvalue weighted by Gasteiger charge is 2.09. The number of rotatable bonds is 2. The monoisotopic (exact) mass is 258 g/mol. The van der Waals surface area contributed by atoms with Crippen molar-refractivity contribution in [1.82, 2.24) is 15.0 Å². The second-order valence-electron chi connectivity index (χ2n) is 3.85. The Hall–Kier alpha value is -2.08. The fourth-order valence-corrected chi connectivity index (χ4v) is 2.12. The molecule has 0 bridgehead atoms. The molecule has 0 radical (unpaired) electrons. The molecule has 3 aromatic rings. The van der Waals surface area contributed by atoms with Crippen LogP contribution in [0.4, 0.5) is 5.69 Å². The lowest BCUT2D eigenvalue weighted by Gasteiger charge is -1.94. The molecule has 18 heavy (non-hydrogen) atoms. The number of nitrogens with zero attached hydrogens (tertiary/aromatic N) is 3. The van der Waals surface area contributed by atoms with Gasteiger partial charge in [-0.05, 0) is 30.7 Å². The molecule has 0 spiro atoms. The minimum absolute atomic E-state index is 0.513. The van der Waals surface area contributed by atoms with Crippen LogP contribution in [-0.4, -0.2) is 15.0 Å². The molecule has 0 amide bonds. The van der Waals surface area contributed by atoms with Crippen molar-refractivity contribution in [1.29, 1.82) is 0 Å². The number of nitrogens with two attached hydrogens (primary N) is 1. The summed E-state index contributed by atoms with van der Waals surface area (Å²) >= 11 is 1.29. The van der Waals surface area contributed by atoms with Gasteiger partial charge in [-0.15, -0.1) is 0 Å². The summed E-state index contributed by atoms with van der Waals surface area (Å²) in [5, 5.41) is 1.12. The SMILES string of the molecule is Cc1cnc(Sc2nc3cc(N)ccc3o2)nc1. The van der Waals surface area contributed by atoms with Gasteiger partial charge in [0.05, 0.1) is 0 Å². The molecule has 0 aliphatic carbocycles. The molecular weight excluding hydrogens is 248 g/mol. The van der Waals surface area contributed by atoms with E-state index in [1.807, 2.05) is 6.92 Å². The molecule has 2 heterocycles. The third-order valence-corrected chi connectivity index (χ3v) is 3.07. The minimum atomic E-state index is 0.513. The van der Waals surface area contributed by atoms with Gasteiger partial charge in [-0.1, -0.05) is 0 Å². The first-order valence-corrected chi connectivity index (χ1v) is 6.15. The van der Waals surface area contributed by atoms with Crippen LogP contribution in [0, 0.1) is 6.92 Å². The van der Waals surface area contributed by atoms with Crippen molar-refractivity contribution in [3.05, 3.63) is 36.2 Å². The Morgan fingerprint density at radius 1 is 1.22 bits per heavy atom. The van der Waals surface area contributed by atoms with Gasteiger partial charge in [0, 0.05) is 29.8 Å². The van der Waals surface area contributed by atoms with Crippen LogP contribution >= 0.6 is 11.8 Å². The quantitative estimate of drug-likeness (QED) is 0.562. The summed E-state index contributed by atoms with van der Waals surface area (Å²) < 4.78 is 5.57. The molecule has 0 unspecified atom stereocenters. The molecule has 3 rings (SSSR count). The maximum Gasteiger partial charge on any atom is 0.264 e. The molecular formula is C12H10N4OS. The Morgan fingerprint density at radius 2 is 2.00 bits per heavy atom. The van der Waals surface area contributed by atoms with E-state index in [-0.39, 0.29) is 0 Å². The van der Waals surface area contributed by atoms with E-state index in [0.717, 1.165) is 11.1 Å². The van der Waals surface area contributed by atoms with Crippen molar-refractivity contribution < 1.29 is 4.42 Å². The molecule has 0 fully saturated rings. The second kappa shape index (κ2) is 4.30. The second-order valence-corrected chi connectivity index (χ2v) is 4.77. The Kier molecular flexibility index (Phi) is 2.64. The number of oxazole rings is 1. The van der Waals surface area contributed by atoms with Crippen molar-refractivity contribution >= 4 is 28.5 Å². The first-order valence-electron chi connectivity index (χ1n) is 5.33. The number of hydrogen-bond acceptors (Lipinski definition) is 6. The van der Waals surface area contributed by atoms with Crippen LogP contribution in [0.25, 0.3) is 11.1 Å². The van der Waals surface area contributed by atoms with Gasteiger partial charge in [-0.25, -0.2) is 15.0 Å². The molecule has 2 aromatic heterocycles. The predicted molar refractivity (Wildman–Crippen MR) is 69.3 cm³/mol. The molecule has 0 aliphatic rings. The Morgan fingerprint density at radius 3 is 2.78 bits per heavy atom. The van der Waals surface area contributed by atoms with Gasteiger partial charge in [0.25, 0.3) is 5.22 Å². The summed E-state index contributed by atoms with van der Waals surface area (Å²) in [6.45, 7) is 1.94. The van der Waals surface area contributed by atoms with Crippen molar-refractivity contribution in [2.24, 2.45) is 0 Å². The standard InChI is InChI=1S/C12H10N4OS/c1-7-5-14-11(15-6-7)18-12-16-9-4-8(13)2-3-10(9)17-12/h2-6H,13H2,1H3. The summed E-state index contributed by atoms with van der Waals surface area (Å²) in [5.74, 6) is 0. The number of aryl methyl sites for hydroxylation is 1. The van der Waals surface area contributed by atoms with E-state index < -0.39 is 0 Å². The number of hydrogen-bond donors (Lipinski definition) is 1. The molecule has 0 saturated carbocycles. The fourth-order valence-electron chi connectivity index (χ4n) is 1.48. The summed E-state index contributed by atoms with van der Waals surface area (Å²) in [4.78, 5) is 12.7. The van der Waals surface area contributed by atoms with Gasteiger partial charge < -0.3 is 10.2 Å². The zero-order valence-electron chi connectivity index (χ0n) is 9.62. The van der Waals surface area contributed by atoms with Crippen molar-refractivity contribution in [3.8, 4) is 0 Å². The summed E-state index contributed by atoms with van der Waals surface area (Å²) in [7, 11) is 0. The maximum absolute atomic E-state index is 5.69. The third-order valence-electron chi connectivity index (χ3n) is 2.33. The first kappa shape index (κ1) is 11.0. The molecule has 2 N–H and O–H groups in total. The Labute approximate surface area is 107 Å². The summed E-state index contributed by atoms with van der Waals surface area (Å²) in [5.41, 5.74) is 8.82. The van der Waals surface area contributed by atoms with Crippen LogP contribution in [-0.2, 0) is 0 Å². The topological polar surface area (TPSA) is 77.8 Å². The average molecular weight is 258 g/mol. The number of fused-ring (bicyclic) bond motifs is 1. The largest absolute Gasteiger partial charge is 0.431 e. The molecule has 90 valence electrons. The maximum atomic E-state index is 5.69. The van der Waals surface area contributed by atoms with E-state index in [1.165, 1.54) is 11.8 Å². The van der Waals surface area contributed by atoms with Crippen LogP contribution in [0.3, 0.4) is 0 Å². The highest BCUT2D eigenvalue weighted by molar-refractivity contribution is 7.98. The minimum Gasteiger partial charge on any atom is -0.431 e. The van der Waals surface area contributed by atoms with Crippen molar-refractivity contribution in [3.63, 3.8) is 0 Å². The van der Waals surface area contributed by atoms with Gasteiger partial charge in [0.2, 0.25) is 0 Å². The molecule has 6 heteroatoms. The molecule has 0 aliphatic heterocycles.